The van der Waals surface area contributed by atoms with E-state index in [1.807, 2.05) is 37.3 Å². The van der Waals surface area contributed by atoms with E-state index >= 15 is 0 Å². The summed E-state index contributed by atoms with van der Waals surface area (Å²) in [5, 5.41) is 0. The van der Waals surface area contributed by atoms with Crippen molar-refractivity contribution in [1.82, 2.24) is 0 Å². The number of ether oxygens (including phenoxy) is 2. The van der Waals surface area contributed by atoms with E-state index in [2.05, 4.69) is 15.9 Å². The van der Waals surface area contributed by atoms with Crippen molar-refractivity contribution in [1.29, 1.82) is 0 Å². The molecule has 1 atom stereocenters. The maximum atomic E-state index is 12.0. The molecule has 0 fully saturated rings. The third-order valence-electron chi connectivity index (χ3n) is 4.04. The molecule has 26 heavy (non-hydrogen) atoms. The number of rotatable bonds is 8. The second-order valence-corrected chi connectivity index (χ2v) is 9.28. The maximum Gasteiger partial charge on any atom is 0.161 e. The average molecular weight is 442 g/mol. The van der Waals surface area contributed by atoms with Crippen LogP contribution in [-0.4, -0.2) is 34.1 Å². The molecule has 0 saturated heterocycles. The molecule has 0 unspecified atom stereocenters. The number of hydrogen-bond acceptors (Lipinski definition) is 5. The van der Waals surface area contributed by atoms with Crippen molar-refractivity contribution < 1.29 is 17.9 Å². The Hall–Kier alpha value is -1.73. The highest BCUT2D eigenvalue weighted by molar-refractivity contribution is 9.10. The molecule has 2 N–H and O–H groups in total. The zero-order valence-corrected chi connectivity index (χ0v) is 17.6. The third kappa shape index (κ3) is 5.64. The lowest BCUT2D eigenvalue weighted by Gasteiger charge is -2.20. The molecule has 0 amide bonds. The maximum absolute atomic E-state index is 12.0. The Kier molecular flexibility index (Phi) is 6.94. The largest absolute Gasteiger partial charge is 0.493 e. The molecule has 0 aliphatic carbocycles. The Morgan fingerprint density at radius 1 is 1.15 bits per heavy atom. The molecule has 2 rings (SSSR count). The van der Waals surface area contributed by atoms with Gasteiger partial charge in [-0.3, -0.25) is 0 Å². The van der Waals surface area contributed by atoms with Gasteiger partial charge in [-0.2, -0.15) is 0 Å². The molecule has 0 aliphatic rings. The van der Waals surface area contributed by atoms with E-state index in [-0.39, 0.29) is 11.7 Å². The van der Waals surface area contributed by atoms with Crippen LogP contribution in [0.5, 0.6) is 11.5 Å². The second-order valence-electron chi connectivity index (χ2n) is 6.18. The fourth-order valence-corrected chi connectivity index (χ4v) is 4.29. The summed E-state index contributed by atoms with van der Waals surface area (Å²) in [5.74, 6) is 1.02. The first-order valence-electron chi connectivity index (χ1n) is 8.25. The van der Waals surface area contributed by atoms with Crippen LogP contribution < -0.4 is 15.2 Å². The normalized spacial score (nSPS) is 12.6. The summed E-state index contributed by atoms with van der Waals surface area (Å²) >= 11 is 3.39. The molecule has 0 bridgehead atoms. The number of anilines is 1. The first-order chi connectivity index (χ1) is 12.2. The van der Waals surface area contributed by atoms with E-state index in [1.165, 1.54) is 6.26 Å². The van der Waals surface area contributed by atoms with Gasteiger partial charge in [0.05, 0.1) is 19.5 Å². The van der Waals surface area contributed by atoms with Crippen molar-refractivity contribution in [3.05, 3.63) is 52.0 Å². The number of benzene rings is 2. The molecule has 0 aliphatic heterocycles. The van der Waals surface area contributed by atoms with E-state index in [0.29, 0.717) is 30.2 Å². The number of hydrogen-bond donors (Lipinski definition) is 1. The summed E-state index contributed by atoms with van der Waals surface area (Å²) in [6.07, 6.45) is 1.77. The molecule has 0 aromatic heterocycles. The topological polar surface area (TPSA) is 78.6 Å². The van der Waals surface area contributed by atoms with Crippen LogP contribution in [0.3, 0.4) is 0 Å². The van der Waals surface area contributed by atoms with Crippen molar-refractivity contribution in [3.8, 4) is 11.5 Å². The lowest BCUT2D eigenvalue weighted by molar-refractivity contribution is 0.310. The van der Waals surface area contributed by atoms with Gasteiger partial charge < -0.3 is 15.2 Å². The van der Waals surface area contributed by atoms with Crippen molar-refractivity contribution in [3.63, 3.8) is 0 Å². The van der Waals surface area contributed by atoms with Gasteiger partial charge >= 0.3 is 0 Å². The predicted molar refractivity (Wildman–Crippen MR) is 109 cm³/mol. The van der Waals surface area contributed by atoms with E-state index in [9.17, 15) is 8.42 Å². The van der Waals surface area contributed by atoms with Crippen LogP contribution in [-0.2, 0) is 16.3 Å². The number of halogens is 1. The zero-order valence-electron chi connectivity index (χ0n) is 15.2. The Labute approximate surface area is 163 Å². The van der Waals surface area contributed by atoms with E-state index in [4.69, 9.17) is 15.2 Å². The molecule has 0 saturated carbocycles. The lowest BCUT2D eigenvalue weighted by Crippen LogP contribution is -2.16. The van der Waals surface area contributed by atoms with Crippen molar-refractivity contribution in [2.45, 2.75) is 19.3 Å². The minimum atomic E-state index is -3.18. The van der Waals surface area contributed by atoms with Crippen molar-refractivity contribution in [2.75, 3.05) is 31.5 Å². The minimum Gasteiger partial charge on any atom is -0.493 e. The highest BCUT2D eigenvalue weighted by Crippen LogP contribution is 2.34. The summed E-state index contributed by atoms with van der Waals surface area (Å²) in [7, 11) is -1.60. The van der Waals surface area contributed by atoms with Gasteiger partial charge in [0.2, 0.25) is 0 Å². The van der Waals surface area contributed by atoms with Crippen LogP contribution in [0.2, 0.25) is 0 Å². The summed E-state index contributed by atoms with van der Waals surface area (Å²) in [6, 6.07) is 11.2. The van der Waals surface area contributed by atoms with Crippen molar-refractivity contribution in [2.24, 2.45) is 0 Å². The fourth-order valence-electron chi connectivity index (χ4n) is 2.87. The van der Waals surface area contributed by atoms with Gasteiger partial charge in [-0.25, -0.2) is 8.42 Å². The number of methoxy groups -OCH3 is 1. The summed E-state index contributed by atoms with van der Waals surface area (Å²) in [5.41, 5.74) is 8.54. The van der Waals surface area contributed by atoms with Crippen molar-refractivity contribution >= 4 is 31.5 Å². The SMILES string of the molecule is CCOc1cc([C@H](Cc2ccc(Br)cc2N)CS(C)(=O)=O)ccc1OC. The molecule has 0 radical (unpaired) electrons. The Bertz CT molecular complexity index is 868. The van der Waals surface area contributed by atoms with Crippen LogP contribution in [0.25, 0.3) is 0 Å². The Morgan fingerprint density at radius 3 is 2.46 bits per heavy atom. The van der Waals surface area contributed by atoms with Crippen LogP contribution in [0, 0.1) is 0 Å². The minimum absolute atomic E-state index is 0.0282. The van der Waals surface area contributed by atoms with Crippen LogP contribution in [0.15, 0.2) is 40.9 Å². The number of sulfone groups is 1. The predicted octanol–water partition coefficient (Wildman–Crippen LogP) is 3.81. The molecule has 142 valence electrons. The number of nitrogens with two attached hydrogens (primary N) is 1. The average Bonchev–Trinajstić information content (AvgIpc) is 2.55. The molecular weight excluding hydrogens is 418 g/mol. The number of nitrogen functional groups attached to an aromatic ring is 1. The third-order valence-corrected chi connectivity index (χ3v) is 5.54. The van der Waals surface area contributed by atoms with Gasteiger partial charge in [-0.1, -0.05) is 28.1 Å². The van der Waals surface area contributed by atoms with Gasteiger partial charge in [-0.05, 0) is 48.7 Å². The first-order valence-corrected chi connectivity index (χ1v) is 11.1. The highest BCUT2D eigenvalue weighted by Gasteiger charge is 2.21. The van der Waals surface area contributed by atoms with Gasteiger partial charge in [0.15, 0.2) is 11.5 Å². The molecule has 2 aromatic rings. The van der Waals surface area contributed by atoms with E-state index in [1.54, 1.807) is 13.2 Å². The summed E-state index contributed by atoms with van der Waals surface area (Å²) < 4.78 is 35.8. The van der Waals surface area contributed by atoms with E-state index < -0.39 is 9.84 Å². The molecular formula is C19H24BrNO4S. The van der Waals surface area contributed by atoms with Gasteiger partial charge in [0.1, 0.15) is 9.84 Å². The standard InChI is InChI=1S/C19H24BrNO4S/c1-4-25-19-10-13(6-8-18(19)24-2)15(12-26(3,22)23)9-14-5-7-16(20)11-17(14)21/h5-8,10-11,15H,4,9,12,21H2,1-3H3/t15-/m1/s1. The first kappa shape index (κ1) is 20.6. The van der Waals surface area contributed by atoms with Gasteiger partial charge in [-0.15, -0.1) is 0 Å². The Balaban J connectivity index is 2.42. The van der Waals surface area contributed by atoms with Gasteiger partial charge in [0, 0.05) is 22.3 Å². The van der Waals surface area contributed by atoms with E-state index in [0.717, 1.165) is 15.6 Å². The molecule has 2 aromatic carbocycles. The monoisotopic (exact) mass is 441 g/mol. The smallest absolute Gasteiger partial charge is 0.161 e. The quantitative estimate of drug-likeness (QED) is 0.629. The fraction of sp³-hybridized carbons (Fsp3) is 0.368. The summed E-state index contributed by atoms with van der Waals surface area (Å²) in [6.45, 7) is 2.39. The van der Waals surface area contributed by atoms with Crippen LogP contribution in [0.1, 0.15) is 24.0 Å². The van der Waals surface area contributed by atoms with Gasteiger partial charge in [0.25, 0.3) is 0 Å². The lowest BCUT2D eigenvalue weighted by atomic mass is 9.92. The van der Waals surface area contributed by atoms with Crippen LogP contribution in [0.4, 0.5) is 5.69 Å². The van der Waals surface area contributed by atoms with Crippen LogP contribution >= 0.6 is 15.9 Å². The highest BCUT2D eigenvalue weighted by atomic mass is 79.9. The Morgan fingerprint density at radius 2 is 1.88 bits per heavy atom. The molecule has 0 heterocycles. The second kappa shape index (κ2) is 8.77. The molecule has 7 heteroatoms. The summed E-state index contributed by atoms with van der Waals surface area (Å²) in [4.78, 5) is 0. The molecule has 0 spiro atoms. The zero-order chi connectivity index (χ0) is 19.3. The molecule has 5 nitrogen and oxygen atoms in total.